The van der Waals surface area contributed by atoms with Crippen LogP contribution in [-0.4, -0.2) is 11.7 Å². The van der Waals surface area contributed by atoms with Crippen LogP contribution in [0.15, 0.2) is 54.1 Å². The lowest BCUT2D eigenvalue weighted by molar-refractivity contribution is 1.16. The van der Waals surface area contributed by atoms with E-state index < -0.39 is 0 Å². The molecule has 0 aliphatic heterocycles. The molecule has 128 valence electrons. The number of amidine groups is 2. The Balaban J connectivity index is 0.00000264. The maximum absolute atomic E-state index is 7.39. The standard InChI is InChI=1S/C18H20N4.2ClH/c1-12(10-13-2-6-15(7-3-13)17(19)20)11-14-4-8-16(9-5-14)18(21)22;;/h2-10H,11H2,1H3,(H3,19,20)(H3,21,22);2*1H/b12-10-;;. The van der Waals surface area contributed by atoms with Crippen LogP contribution in [0.3, 0.4) is 0 Å². The number of hydrogen-bond acceptors (Lipinski definition) is 2. The van der Waals surface area contributed by atoms with Crippen LogP contribution in [-0.2, 0) is 6.42 Å². The molecule has 0 aromatic heterocycles. The van der Waals surface area contributed by atoms with Crippen molar-refractivity contribution in [2.75, 3.05) is 0 Å². The quantitative estimate of drug-likeness (QED) is 0.479. The minimum atomic E-state index is 0. The van der Waals surface area contributed by atoms with Gasteiger partial charge in [0.1, 0.15) is 11.7 Å². The topological polar surface area (TPSA) is 99.7 Å². The molecule has 2 aromatic rings. The number of halogens is 2. The normalized spacial score (nSPS) is 10.3. The van der Waals surface area contributed by atoms with E-state index in [1.807, 2.05) is 48.5 Å². The molecule has 0 heterocycles. The maximum Gasteiger partial charge on any atom is 0.122 e. The van der Waals surface area contributed by atoms with E-state index in [1.165, 1.54) is 11.1 Å². The van der Waals surface area contributed by atoms with Gasteiger partial charge < -0.3 is 11.5 Å². The fourth-order valence-electron chi connectivity index (χ4n) is 2.22. The Hall–Kier alpha value is -2.30. The molecule has 0 bridgehead atoms. The van der Waals surface area contributed by atoms with Gasteiger partial charge in [-0.3, -0.25) is 10.8 Å². The highest BCUT2D eigenvalue weighted by atomic mass is 35.5. The average Bonchev–Trinajstić information content (AvgIpc) is 2.48. The van der Waals surface area contributed by atoms with Crippen molar-refractivity contribution in [2.45, 2.75) is 13.3 Å². The predicted molar refractivity (Wildman–Crippen MR) is 107 cm³/mol. The highest BCUT2D eigenvalue weighted by molar-refractivity contribution is 5.95. The lowest BCUT2D eigenvalue weighted by atomic mass is 10.0. The minimum absolute atomic E-state index is 0. The Labute approximate surface area is 154 Å². The van der Waals surface area contributed by atoms with Crippen molar-refractivity contribution in [2.24, 2.45) is 11.5 Å². The summed E-state index contributed by atoms with van der Waals surface area (Å²) in [4.78, 5) is 0. The van der Waals surface area contributed by atoms with Gasteiger partial charge >= 0.3 is 0 Å². The first kappa shape index (κ1) is 21.7. The molecule has 0 aliphatic carbocycles. The fourth-order valence-corrected chi connectivity index (χ4v) is 2.22. The number of rotatable bonds is 5. The largest absolute Gasteiger partial charge is 0.384 e. The van der Waals surface area contributed by atoms with Crippen molar-refractivity contribution in [1.82, 2.24) is 0 Å². The fraction of sp³-hybridized carbons (Fsp3) is 0.111. The zero-order valence-electron chi connectivity index (χ0n) is 13.4. The molecule has 24 heavy (non-hydrogen) atoms. The van der Waals surface area contributed by atoms with Crippen LogP contribution in [0, 0.1) is 10.8 Å². The molecule has 0 spiro atoms. The SMILES string of the molecule is C/C(=C/c1ccc(C(=N)N)cc1)Cc1ccc(C(=N)N)cc1.Cl.Cl. The Morgan fingerprint density at radius 3 is 1.67 bits per heavy atom. The number of nitrogens with two attached hydrogens (primary N) is 2. The van der Waals surface area contributed by atoms with Gasteiger partial charge in [0.15, 0.2) is 0 Å². The number of allylic oxidation sites excluding steroid dienone is 1. The smallest absolute Gasteiger partial charge is 0.122 e. The Morgan fingerprint density at radius 2 is 1.25 bits per heavy atom. The second-order valence-electron chi connectivity index (χ2n) is 5.31. The van der Waals surface area contributed by atoms with Crippen LogP contribution in [0.5, 0.6) is 0 Å². The Morgan fingerprint density at radius 1 is 0.833 bits per heavy atom. The Bertz CT molecular complexity index is 720. The molecule has 0 saturated heterocycles. The first-order valence-corrected chi connectivity index (χ1v) is 7.00. The molecule has 0 radical (unpaired) electrons. The highest BCUT2D eigenvalue weighted by Crippen LogP contribution is 2.14. The van der Waals surface area contributed by atoms with Crippen LogP contribution >= 0.6 is 24.8 Å². The van der Waals surface area contributed by atoms with Gasteiger partial charge in [0, 0.05) is 11.1 Å². The molecule has 0 saturated carbocycles. The molecule has 6 N–H and O–H groups in total. The van der Waals surface area contributed by atoms with Crippen molar-refractivity contribution >= 4 is 42.6 Å². The Kier molecular flexibility index (Phi) is 8.82. The number of nitrogen functional groups attached to an aromatic ring is 2. The summed E-state index contributed by atoms with van der Waals surface area (Å²) in [5.74, 6) is 0.169. The molecule has 2 rings (SSSR count). The molecule has 0 aliphatic rings. The van der Waals surface area contributed by atoms with E-state index in [2.05, 4.69) is 13.0 Å². The molecule has 0 unspecified atom stereocenters. The van der Waals surface area contributed by atoms with Gasteiger partial charge in [0.05, 0.1) is 0 Å². The van der Waals surface area contributed by atoms with Gasteiger partial charge in [0.2, 0.25) is 0 Å². The van der Waals surface area contributed by atoms with E-state index in [1.54, 1.807) is 0 Å². The van der Waals surface area contributed by atoms with Gasteiger partial charge in [0.25, 0.3) is 0 Å². The first-order chi connectivity index (χ1) is 10.5. The van der Waals surface area contributed by atoms with Crippen LogP contribution < -0.4 is 11.5 Å². The molecule has 0 atom stereocenters. The molecule has 0 fully saturated rings. The lowest BCUT2D eigenvalue weighted by Crippen LogP contribution is -2.10. The van der Waals surface area contributed by atoms with Crippen molar-refractivity contribution in [3.63, 3.8) is 0 Å². The number of hydrogen-bond donors (Lipinski definition) is 4. The van der Waals surface area contributed by atoms with Gasteiger partial charge in [-0.1, -0.05) is 60.2 Å². The summed E-state index contributed by atoms with van der Waals surface area (Å²) in [6.45, 7) is 2.08. The third-order valence-electron chi connectivity index (χ3n) is 3.38. The monoisotopic (exact) mass is 364 g/mol. The van der Waals surface area contributed by atoms with Crippen molar-refractivity contribution in [3.8, 4) is 0 Å². The molecule has 6 heteroatoms. The molecule has 0 amide bonds. The summed E-state index contributed by atoms with van der Waals surface area (Å²) >= 11 is 0. The third kappa shape index (κ3) is 6.07. The van der Waals surface area contributed by atoms with Crippen LogP contribution in [0.1, 0.15) is 29.2 Å². The van der Waals surface area contributed by atoms with Crippen LogP contribution in [0.4, 0.5) is 0 Å². The molecule has 4 nitrogen and oxygen atoms in total. The first-order valence-electron chi connectivity index (χ1n) is 7.00. The van der Waals surface area contributed by atoms with E-state index in [4.69, 9.17) is 22.3 Å². The van der Waals surface area contributed by atoms with Gasteiger partial charge in [-0.15, -0.1) is 24.8 Å². The van der Waals surface area contributed by atoms with Gasteiger partial charge in [-0.05, 0) is 24.5 Å². The molecular formula is C18H22Cl2N4. The van der Waals surface area contributed by atoms with E-state index in [0.717, 1.165) is 23.1 Å². The molecular weight excluding hydrogens is 343 g/mol. The van der Waals surface area contributed by atoms with Crippen molar-refractivity contribution in [1.29, 1.82) is 10.8 Å². The average molecular weight is 365 g/mol. The van der Waals surface area contributed by atoms with E-state index in [0.29, 0.717) is 0 Å². The zero-order chi connectivity index (χ0) is 16.1. The summed E-state index contributed by atoms with van der Waals surface area (Å²) in [6.07, 6.45) is 2.95. The van der Waals surface area contributed by atoms with E-state index in [9.17, 15) is 0 Å². The van der Waals surface area contributed by atoms with E-state index >= 15 is 0 Å². The number of nitrogens with one attached hydrogen (secondary N) is 2. The van der Waals surface area contributed by atoms with Gasteiger partial charge in [-0.2, -0.15) is 0 Å². The third-order valence-corrected chi connectivity index (χ3v) is 3.38. The lowest BCUT2D eigenvalue weighted by Gasteiger charge is -2.05. The van der Waals surface area contributed by atoms with Crippen LogP contribution in [0.2, 0.25) is 0 Å². The van der Waals surface area contributed by atoms with Crippen molar-refractivity contribution < 1.29 is 0 Å². The highest BCUT2D eigenvalue weighted by Gasteiger charge is 2.00. The summed E-state index contributed by atoms with van der Waals surface area (Å²) in [7, 11) is 0. The maximum atomic E-state index is 7.39. The minimum Gasteiger partial charge on any atom is -0.384 e. The summed E-state index contributed by atoms with van der Waals surface area (Å²) in [6, 6.07) is 15.3. The van der Waals surface area contributed by atoms with Crippen LogP contribution in [0.25, 0.3) is 6.08 Å². The van der Waals surface area contributed by atoms with Gasteiger partial charge in [-0.25, -0.2) is 0 Å². The summed E-state index contributed by atoms with van der Waals surface area (Å²) < 4.78 is 0. The summed E-state index contributed by atoms with van der Waals surface area (Å²) in [5, 5.41) is 14.8. The van der Waals surface area contributed by atoms with Crippen molar-refractivity contribution in [3.05, 3.63) is 76.4 Å². The number of benzene rings is 2. The van der Waals surface area contributed by atoms with E-state index in [-0.39, 0.29) is 36.5 Å². The second kappa shape index (κ2) is 9.75. The summed E-state index contributed by atoms with van der Waals surface area (Å²) in [5.41, 5.74) is 15.9. The predicted octanol–water partition coefficient (Wildman–Crippen LogP) is 3.74. The second-order valence-corrected chi connectivity index (χ2v) is 5.31. The molecule has 2 aromatic carbocycles. The zero-order valence-corrected chi connectivity index (χ0v) is 15.0.